The van der Waals surface area contributed by atoms with Crippen molar-refractivity contribution in [1.82, 2.24) is 10.2 Å². The Morgan fingerprint density at radius 1 is 1.12 bits per heavy atom. The summed E-state index contributed by atoms with van der Waals surface area (Å²) in [6, 6.07) is 19.9. The fraction of sp³-hybridized carbons (Fsp3) is 0.409. The van der Waals surface area contributed by atoms with E-state index in [2.05, 4.69) is 41.4 Å². The van der Waals surface area contributed by atoms with E-state index in [1.807, 2.05) is 43.3 Å². The molecule has 0 aliphatic carbocycles. The van der Waals surface area contributed by atoms with Crippen LogP contribution < -0.4 is 11.1 Å². The minimum Gasteiger partial charge on any atom is -0.344 e. The first kappa shape index (κ1) is 18.6. The number of carbonyl (C=O) groups excluding carboxylic acids is 1. The van der Waals surface area contributed by atoms with Gasteiger partial charge in [0.2, 0.25) is 5.91 Å². The summed E-state index contributed by atoms with van der Waals surface area (Å²) in [5, 5.41) is 3.26. The van der Waals surface area contributed by atoms with E-state index < -0.39 is 0 Å². The van der Waals surface area contributed by atoms with E-state index in [1.54, 1.807) is 0 Å². The average molecular weight is 351 g/mol. The molecule has 1 amide bonds. The van der Waals surface area contributed by atoms with Gasteiger partial charge in [0.1, 0.15) is 0 Å². The molecule has 26 heavy (non-hydrogen) atoms. The summed E-state index contributed by atoms with van der Waals surface area (Å²) in [5.41, 5.74) is 8.21. The van der Waals surface area contributed by atoms with Crippen LogP contribution >= 0.6 is 0 Å². The lowest BCUT2D eigenvalue weighted by Crippen LogP contribution is -2.46. The molecule has 0 bridgehead atoms. The fourth-order valence-corrected chi connectivity index (χ4v) is 3.64. The number of nitrogens with zero attached hydrogens (tertiary/aromatic N) is 1. The van der Waals surface area contributed by atoms with Crippen LogP contribution in [0.25, 0.3) is 0 Å². The van der Waals surface area contributed by atoms with Gasteiger partial charge in [0, 0.05) is 6.54 Å². The molecule has 0 saturated carbocycles. The van der Waals surface area contributed by atoms with E-state index in [0.29, 0.717) is 6.54 Å². The molecule has 1 aliphatic heterocycles. The normalized spacial score (nSPS) is 21.7. The van der Waals surface area contributed by atoms with Gasteiger partial charge in [-0.2, -0.15) is 0 Å². The fourth-order valence-electron chi connectivity index (χ4n) is 3.64. The largest absolute Gasteiger partial charge is 0.344 e. The van der Waals surface area contributed by atoms with Crippen molar-refractivity contribution in [3.63, 3.8) is 0 Å². The molecule has 0 radical (unpaired) electrons. The zero-order valence-electron chi connectivity index (χ0n) is 15.7. The summed E-state index contributed by atoms with van der Waals surface area (Å²) in [4.78, 5) is 15.2. The maximum absolute atomic E-state index is 13.0. The van der Waals surface area contributed by atoms with Gasteiger partial charge in [-0.25, -0.2) is 0 Å². The number of hydrogen-bond donors (Lipinski definition) is 2. The van der Waals surface area contributed by atoms with E-state index >= 15 is 0 Å². The Balaban J connectivity index is 1.76. The molecule has 1 fully saturated rings. The third-order valence-corrected chi connectivity index (χ3v) is 5.56. The van der Waals surface area contributed by atoms with Crippen LogP contribution in [-0.2, 0) is 4.79 Å². The van der Waals surface area contributed by atoms with Crippen molar-refractivity contribution in [3.8, 4) is 0 Å². The Morgan fingerprint density at radius 3 is 2.12 bits per heavy atom. The highest BCUT2D eigenvalue weighted by Crippen LogP contribution is 2.30. The maximum Gasteiger partial charge on any atom is 0.237 e. The Morgan fingerprint density at radius 2 is 1.65 bits per heavy atom. The van der Waals surface area contributed by atoms with E-state index in [4.69, 9.17) is 5.73 Å². The van der Waals surface area contributed by atoms with Crippen molar-refractivity contribution in [1.29, 1.82) is 0 Å². The Bertz CT molecular complexity index is 679. The highest BCUT2D eigenvalue weighted by Gasteiger charge is 2.37. The minimum atomic E-state index is -0.168. The summed E-state index contributed by atoms with van der Waals surface area (Å²) in [7, 11) is 0. The van der Waals surface area contributed by atoms with E-state index in [-0.39, 0.29) is 23.4 Å². The van der Waals surface area contributed by atoms with Crippen LogP contribution in [0.4, 0.5) is 0 Å². The summed E-state index contributed by atoms with van der Waals surface area (Å²) in [6.45, 7) is 6.65. The zero-order chi connectivity index (χ0) is 18.6. The van der Waals surface area contributed by atoms with Crippen LogP contribution in [0.15, 0.2) is 60.7 Å². The molecule has 1 saturated heterocycles. The van der Waals surface area contributed by atoms with Gasteiger partial charge in [-0.15, -0.1) is 0 Å². The third kappa shape index (κ3) is 4.14. The van der Waals surface area contributed by atoms with Gasteiger partial charge in [-0.3, -0.25) is 9.69 Å². The van der Waals surface area contributed by atoms with Crippen molar-refractivity contribution in [3.05, 3.63) is 71.8 Å². The van der Waals surface area contributed by atoms with Crippen LogP contribution in [0.5, 0.6) is 0 Å². The van der Waals surface area contributed by atoms with Crippen LogP contribution in [-0.4, -0.2) is 36.5 Å². The van der Waals surface area contributed by atoms with Gasteiger partial charge in [-0.05, 0) is 43.0 Å². The lowest BCUT2D eigenvalue weighted by atomic mass is 9.90. The second-order valence-electron chi connectivity index (χ2n) is 7.67. The summed E-state index contributed by atoms with van der Waals surface area (Å²) < 4.78 is 0. The van der Waals surface area contributed by atoms with Crippen LogP contribution in [0.3, 0.4) is 0 Å². The molecule has 0 spiro atoms. The van der Waals surface area contributed by atoms with Crippen molar-refractivity contribution >= 4 is 5.91 Å². The Hall–Kier alpha value is -2.17. The quantitative estimate of drug-likeness (QED) is 0.841. The van der Waals surface area contributed by atoms with Crippen molar-refractivity contribution in [2.75, 3.05) is 19.6 Å². The average Bonchev–Trinajstić information content (AvgIpc) is 3.09. The van der Waals surface area contributed by atoms with Crippen LogP contribution in [0.1, 0.15) is 37.4 Å². The van der Waals surface area contributed by atoms with Gasteiger partial charge >= 0.3 is 0 Å². The third-order valence-electron chi connectivity index (χ3n) is 5.56. The molecule has 4 heteroatoms. The molecule has 3 rings (SSSR count). The first-order chi connectivity index (χ1) is 12.5. The standard InChI is InChI=1S/C22H29N3O/c1-17(25-14-13-22(2,15-23)16-25)21(26)24-20(18-9-5-3-6-10-18)19-11-7-4-8-12-19/h3-12,17,20H,13-16,23H2,1-2H3,(H,24,26). The van der Waals surface area contributed by atoms with Crippen LogP contribution in [0.2, 0.25) is 0 Å². The maximum atomic E-state index is 13.0. The smallest absolute Gasteiger partial charge is 0.237 e. The lowest BCUT2D eigenvalue weighted by molar-refractivity contribution is -0.126. The number of amides is 1. The van der Waals surface area contributed by atoms with E-state index in [0.717, 1.165) is 30.6 Å². The molecule has 3 N–H and O–H groups in total. The number of nitrogens with two attached hydrogens (primary N) is 1. The Labute approximate surface area is 156 Å². The van der Waals surface area contributed by atoms with Crippen molar-refractivity contribution < 1.29 is 4.79 Å². The molecule has 4 nitrogen and oxygen atoms in total. The molecule has 138 valence electrons. The molecule has 2 unspecified atom stereocenters. The SMILES string of the molecule is CC(C(=O)NC(c1ccccc1)c1ccccc1)N1CCC(C)(CN)C1. The summed E-state index contributed by atoms with van der Waals surface area (Å²) >= 11 is 0. The van der Waals surface area contributed by atoms with Gasteiger partial charge in [-0.1, -0.05) is 67.6 Å². The highest BCUT2D eigenvalue weighted by molar-refractivity contribution is 5.82. The van der Waals surface area contributed by atoms with Gasteiger partial charge in [0.05, 0.1) is 12.1 Å². The monoisotopic (exact) mass is 351 g/mol. The van der Waals surface area contributed by atoms with Crippen LogP contribution in [0, 0.1) is 5.41 Å². The lowest BCUT2D eigenvalue weighted by Gasteiger charge is -2.28. The second kappa shape index (κ2) is 8.02. The molecule has 1 aliphatic rings. The van der Waals surface area contributed by atoms with Gasteiger partial charge < -0.3 is 11.1 Å². The molecule has 2 atom stereocenters. The summed E-state index contributed by atoms with van der Waals surface area (Å²) in [5.74, 6) is 0.0592. The Kier molecular flexibility index (Phi) is 5.74. The number of nitrogens with one attached hydrogen (secondary N) is 1. The molecule has 2 aromatic rings. The minimum absolute atomic E-state index is 0.0592. The molecule has 2 aromatic carbocycles. The molecule has 0 aromatic heterocycles. The van der Waals surface area contributed by atoms with Gasteiger partial charge in [0.15, 0.2) is 0 Å². The number of rotatable bonds is 6. The number of benzene rings is 2. The zero-order valence-corrected chi connectivity index (χ0v) is 15.7. The molecular weight excluding hydrogens is 322 g/mol. The topological polar surface area (TPSA) is 58.4 Å². The first-order valence-corrected chi connectivity index (χ1v) is 9.37. The van der Waals surface area contributed by atoms with Crippen molar-refractivity contribution in [2.45, 2.75) is 32.4 Å². The predicted octanol–water partition coefficient (Wildman–Crippen LogP) is 2.95. The highest BCUT2D eigenvalue weighted by atomic mass is 16.2. The van der Waals surface area contributed by atoms with Crippen molar-refractivity contribution in [2.24, 2.45) is 11.1 Å². The van der Waals surface area contributed by atoms with E-state index in [9.17, 15) is 4.79 Å². The number of hydrogen-bond acceptors (Lipinski definition) is 3. The van der Waals surface area contributed by atoms with Gasteiger partial charge in [0.25, 0.3) is 0 Å². The molecular formula is C22H29N3O. The first-order valence-electron chi connectivity index (χ1n) is 9.37. The number of likely N-dealkylation sites (tertiary alicyclic amines) is 1. The number of carbonyl (C=O) groups is 1. The molecule has 1 heterocycles. The predicted molar refractivity (Wildman–Crippen MR) is 106 cm³/mol. The second-order valence-corrected chi connectivity index (χ2v) is 7.67. The van der Waals surface area contributed by atoms with E-state index in [1.165, 1.54) is 0 Å². The summed E-state index contributed by atoms with van der Waals surface area (Å²) in [6.07, 6.45) is 1.04.